The predicted molar refractivity (Wildman–Crippen MR) is 180 cm³/mol. The van der Waals surface area contributed by atoms with Crippen LogP contribution in [0.15, 0.2) is 18.2 Å². The van der Waals surface area contributed by atoms with Crippen LogP contribution in [-0.2, 0) is 50.0 Å². The molecule has 5 atom stereocenters. The molecule has 16 nitrogen and oxygen atoms in total. The van der Waals surface area contributed by atoms with Crippen molar-refractivity contribution >= 4 is 68.1 Å². The summed E-state index contributed by atoms with van der Waals surface area (Å²) in [5, 5.41) is 34.8. The first-order valence-corrected chi connectivity index (χ1v) is 17.8. The number of hydrogen-bond donors (Lipinski definition) is 6. The fraction of sp³-hybridized carbons (Fsp3) is 0.600. The third-order valence-electron chi connectivity index (χ3n) is 7.61. The molecule has 276 valence electrons. The maximum Gasteiger partial charge on any atom is 1.00 e. The van der Waals surface area contributed by atoms with E-state index in [0.717, 1.165) is 21.0 Å². The second-order valence-electron chi connectivity index (χ2n) is 11.8. The van der Waals surface area contributed by atoms with Crippen molar-refractivity contribution in [3.05, 3.63) is 23.8 Å². The summed E-state index contributed by atoms with van der Waals surface area (Å²) in [6, 6.07) is 4.06. The van der Waals surface area contributed by atoms with Gasteiger partial charge < -0.3 is 46.0 Å². The maximum absolute atomic E-state index is 13.7. The molecule has 0 fully saturated rings. The third kappa shape index (κ3) is 15.7. The van der Waals surface area contributed by atoms with Crippen LogP contribution in [-0.4, -0.2) is 87.6 Å². The van der Waals surface area contributed by atoms with Gasteiger partial charge >= 0.3 is 35.5 Å². The smallest absolute Gasteiger partial charge is 0.549 e. The number of aromatic hydroxyl groups is 2. The summed E-state index contributed by atoms with van der Waals surface area (Å²) in [7, 11) is -3.71. The van der Waals surface area contributed by atoms with Crippen molar-refractivity contribution in [2.75, 3.05) is 20.3 Å². The number of carboxylic acid groups (broad SMARTS) is 1. The van der Waals surface area contributed by atoms with Gasteiger partial charge in [0.05, 0.1) is 30.9 Å². The Balaban J connectivity index is 0.0000240. The Labute approximate surface area is 323 Å². The standard InChI is InChI=1S/C30H45N3O13S3.Na/c1-6-46-29(47)48-23(27(39)40)15-20(26(38)33-30(3,4)49(42,43)44)14-19(13-18(24(31)36)11-16(2)28(41)45-5)25(37)32-10-9-17-7-8-21(34)22(35)12-17;/h7-8,12,16,18-20,23,34-35H,6,9-11,13-15H2,1-5H3,(H2,31,36)(H,32,37)(H,33,38)(H,39,40)(H,42,43,44);/q;+1/p-1. The van der Waals surface area contributed by atoms with Crippen LogP contribution in [0, 0.1) is 23.7 Å². The van der Waals surface area contributed by atoms with Crippen LogP contribution in [0.3, 0.4) is 0 Å². The van der Waals surface area contributed by atoms with Gasteiger partial charge in [-0.2, -0.15) is 8.42 Å². The molecule has 50 heavy (non-hydrogen) atoms. The number of thiocarbonyl (C=S) groups is 1. The summed E-state index contributed by atoms with van der Waals surface area (Å²) in [5.74, 6) is -10.2. The number of benzene rings is 1. The van der Waals surface area contributed by atoms with Crippen molar-refractivity contribution in [2.24, 2.45) is 29.4 Å². The molecule has 0 radical (unpaired) electrons. The van der Waals surface area contributed by atoms with E-state index < -0.39 is 86.4 Å². The molecule has 1 aromatic carbocycles. The number of methoxy groups -OCH3 is 1. The van der Waals surface area contributed by atoms with Gasteiger partial charge in [-0.1, -0.05) is 24.8 Å². The fourth-order valence-corrected chi connectivity index (χ4v) is 6.28. The van der Waals surface area contributed by atoms with E-state index in [1.165, 1.54) is 25.1 Å². The number of phenols is 2. The molecule has 0 aliphatic heterocycles. The third-order valence-corrected chi connectivity index (χ3v) is 10.4. The summed E-state index contributed by atoms with van der Waals surface area (Å²) in [6.07, 6.45) is -1.28. The first-order chi connectivity index (χ1) is 22.6. The number of carbonyl (C=O) groups is 5. The number of nitrogens with one attached hydrogen (secondary N) is 2. The van der Waals surface area contributed by atoms with Gasteiger partial charge in [0.15, 0.2) is 16.4 Å². The number of aliphatic carboxylic acids is 1. The van der Waals surface area contributed by atoms with Crippen molar-refractivity contribution in [1.29, 1.82) is 0 Å². The fourth-order valence-electron chi connectivity index (χ4n) is 4.74. The summed E-state index contributed by atoms with van der Waals surface area (Å²) in [6.45, 7) is 5.18. The van der Waals surface area contributed by atoms with Gasteiger partial charge in [0.1, 0.15) is 0 Å². The summed E-state index contributed by atoms with van der Waals surface area (Å²) in [4.78, 5) is 61.9. The molecule has 0 heterocycles. The molecule has 0 saturated heterocycles. The minimum Gasteiger partial charge on any atom is -0.549 e. The largest absolute Gasteiger partial charge is 1.00 e. The first-order valence-electron chi connectivity index (χ1n) is 15.1. The Morgan fingerprint density at radius 2 is 1.60 bits per heavy atom. The molecule has 1 aromatic rings. The predicted octanol–water partition coefficient (Wildman–Crippen LogP) is -2.62. The van der Waals surface area contributed by atoms with E-state index in [0.29, 0.717) is 17.3 Å². The second kappa shape index (κ2) is 21.6. The van der Waals surface area contributed by atoms with Crippen molar-refractivity contribution < 1.29 is 91.3 Å². The number of carbonyl (C=O) groups excluding carboxylic acids is 5. The van der Waals surface area contributed by atoms with Gasteiger partial charge in [-0.3, -0.25) is 23.7 Å². The topological polar surface area (TPSA) is 272 Å². The Bertz CT molecular complexity index is 1480. The molecular formula is C30H44N3NaO13S3. The molecular weight excluding hydrogens is 730 g/mol. The molecule has 3 amide bonds. The molecule has 0 bridgehead atoms. The zero-order valence-corrected chi connectivity index (χ0v) is 33.2. The van der Waals surface area contributed by atoms with Gasteiger partial charge in [-0.25, -0.2) is 0 Å². The van der Waals surface area contributed by atoms with Crippen LogP contribution in [0.1, 0.15) is 58.9 Å². The van der Waals surface area contributed by atoms with Crippen LogP contribution in [0.2, 0.25) is 0 Å². The zero-order chi connectivity index (χ0) is 37.7. The molecule has 1 rings (SSSR count). The van der Waals surface area contributed by atoms with Gasteiger partial charge in [0, 0.05) is 24.3 Å². The van der Waals surface area contributed by atoms with E-state index in [4.69, 9.17) is 27.4 Å². The summed E-state index contributed by atoms with van der Waals surface area (Å²) < 4.78 is 43.4. The molecule has 0 saturated carbocycles. The maximum atomic E-state index is 13.7. The monoisotopic (exact) mass is 773 g/mol. The second-order valence-corrected chi connectivity index (χ2v) is 15.6. The van der Waals surface area contributed by atoms with Crippen molar-refractivity contribution in [2.45, 2.75) is 69.9 Å². The number of rotatable bonds is 20. The number of esters is 1. The summed E-state index contributed by atoms with van der Waals surface area (Å²) in [5.41, 5.74) is 6.18. The SMILES string of the molecule is CCOC(=S)SC(CC(CC(CC(CC(C)C(=O)OC)C(N)=O)C(=O)NCCc1ccc(O)c(O)c1)C(=O)NC(C)(C)S(=O)(=O)O)C(=O)[O-].[Na+]. The Morgan fingerprint density at radius 1 is 1.02 bits per heavy atom. The van der Waals surface area contributed by atoms with Gasteiger partial charge in [-0.05, 0) is 82.8 Å². The van der Waals surface area contributed by atoms with E-state index >= 15 is 0 Å². The molecule has 5 unspecified atom stereocenters. The van der Waals surface area contributed by atoms with E-state index in [-0.39, 0.29) is 77.9 Å². The Kier molecular flexibility index (Phi) is 20.5. The quantitative estimate of drug-likeness (QED) is 0.0260. The van der Waals surface area contributed by atoms with Crippen molar-refractivity contribution in [3.63, 3.8) is 0 Å². The van der Waals surface area contributed by atoms with Gasteiger partial charge in [0.25, 0.3) is 10.1 Å². The normalized spacial score (nSPS) is 14.4. The van der Waals surface area contributed by atoms with Crippen LogP contribution >= 0.6 is 24.0 Å². The molecule has 0 spiro atoms. The Hall–Kier alpha value is -2.68. The van der Waals surface area contributed by atoms with Crippen molar-refractivity contribution in [1.82, 2.24) is 10.6 Å². The first kappa shape index (κ1) is 47.3. The average molecular weight is 774 g/mol. The summed E-state index contributed by atoms with van der Waals surface area (Å²) >= 11 is 5.61. The van der Waals surface area contributed by atoms with Gasteiger partial charge in [-0.15, -0.1) is 0 Å². The van der Waals surface area contributed by atoms with Crippen LogP contribution in [0.5, 0.6) is 11.5 Å². The van der Waals surface area contributed by atoms with Crippen molar-refractivity contribution in [3.8, 4) is 11.5 Å². The van der Waals surface area contributed by atoms with E-state index in [1.54, 1.807) is 6.92 Å². The van der Waals surface area contributed by atoms with E-state index in [9.17, 15) is 52.3 Å². The number of hydrogen-bond acceptors (Lipinski definition) is 14. The number of phenolic OH excluding ortho intramolecular Hbond substituents is 2. The molecule has 0 aliphatic carbocycles. The number of thioether (sulfide) groups is 1. The molecule has 20 heteroatoms. The number of primary amides is 1. The number of nitrogens with two attached hydrogens (primary N) is 1. The molecule has 0 aromatic heterocycles. The zero-order valence-electron chi connectivity index (χ0n) is 28.8. The molecule has 7 N–H and O–H groups in total. The number of carboxylic acids is 1. The van der Waals surface area contributed by atoms with Crippen LogP contribution in [0.25, 0.3) is 0 Å². The number of ether oxygens (including phenoxy) is 2. The average Bonchev–Trinajstić information content (AvgIpc) is 2.99. The van der Waals surface area contributed by atoms with Crippen LogP contribution < -0.4 is 51.0 Å². The number of amides is 3. The van der Waals surface area contributed by atoms with E-state index in [1.807, 2.05) is 0 Å². The van der Waals surface area contributed by atoms with E-state index in [2.05, 4.69) is 10.6 Å². The minimum absolute atomic E-state index is 0. The Morgan fingerprint density at radius 3 is 2.10 bits per heavy atom. The van der Waals surface area contributed by atoms with Crippen LogP contribution in [0.4, 0.5) is 0 Å². The molecule has 0 aliphatic rings. The minimum atomic E-state index is -4.87. The van der Waals surface area contributed by atoms with Gasteiger partial charge in [0.2, 0.25) is 22.1 Å².